The first-order valence-corrected chi connectivity index (χ1v) is 11.4. The van der Waals surface area contributed by atoms with Gasteiger partial charge in [0.25, 0.3) is 0 Å². The van der Waals surface area contributed by atoms with Crippen molar-refractivity contribution in [3.8, 4) is 0 Å². The maximum atomic E-state index is 2.28. The zero-order chi connectivity index (χ0) is 19.3. The predicted molar refractivity (Wildman–Crippen MR) is 122 cm³/mol. The van der Waals surface area contributed by atoms with Gasteiger partial charge in [-0.2, -0.15) is 0 Å². The summed E-state index contributed by atoms with van der Waals surface area (Å²) >= 11 is 1.85. The van der Waals surface area contributed by atoms with Crippen LogP contribution < -0.4 is 0 Å². The van der Waals surface area contributed by atoms with Crippen LogP contribution in [0.2, 0.25) is 0 Å². The second-order valence-corrected chi connectivity index (χ2v) is 9.90. The van der Waals surface area contributed by atoms with Gasteiger partial charge in [-0.3, -0.25) is 0 Å². The van der Waals surface area contributed by atoms with E-state index in [0.29, 0.717) is 0 Å². The molecule has 4 aromatic carbocycles. The second-order valence-electron chi connectivity index (χ2n) is 6.79. The number of aryl methyl sites for hydroxylation is 2. The average molecular weight is 400 g/mol. The Hall–Kier alpha value is -2.42. The highest BCUT2D eigenvalue weighted by Crippen LogP contribution is 2.39. The van der Waals surface area contributed by atoms with Crippen molar-refractivity contribution in [2.24, 2.45) is 0 Å². The molecule has 0 aliphatic rings. The molecule has 0 aliphatic heterocycles. The van der Waals surface area contributed by atoms with Crippen molar-refractivity contribution in [2.75, 3.05) is 0 Å². The molecule has 0 heterocycles. The van der Waals surface area contributed by atoms with Gasteiger partial charge in [-0.1, -0.05) is 77.5 Å². The molecule has 28 heavy (non-hydrogen) atoms. The van der Waals surface area contributed by atoms with Crippen LogP contribution in [0.25, 0.3) is 0 Å². The van der Waals surface area contributed by atoms with E-state index in [9.17, 15) is 0 Å². The summed E-state index contributed by atoms with van der Waals surface area (Å²) in [4.78, 5) is 6.68. The Labute approximate surface area is 175 Å². The van der Waals surface area contributed by atoms with E-state index in [0.717, 1.165) is 0 Å². The van der Waals surface area contributed by atoms with Crippen molar-refractivity contribution in [1.82, 2.24) is 0 Å². The van der Waals surface area contributed by atoms with Crippen LogP contribution in [0.4, 0.5) is 0 Å². The Kier molecular flexibility index (Phi) is 5.90. The van der Waals surface area contributed by atoms with E-state index >= 15 is 0 Å². The van der Waals surface area contributed by atoms with Crippen LogP contribution in [0.15, 0.2) is 128 Å². The Balaban J connectivity index is 1.80. The first-order chi connectivity index (χ1) is 13.7. The summed E-state index contributed by atoms with van der Waals surface area (Å²) in [6.07, 6.45) is 0. The van der Waals surface area contributed by atoms with E-state index in [1.807, 2.05) is 11.8 Å². The standard InChI is InChI=1S/C26H23S2/c1-20-12-16-22(17-13-20)27-25-10-6-7-11-26(25)28(23-8-4-3-5-9-23)24-18-14-21(2)15-19-24/h3-19H,1-2H3/q+1. The van der Waals surface area contributed by atoms with Crippen molar-refractivity contribution in [3.63, 3.8) is 0 Å². The molecular weight excluding hydrogens is 376 g/mol. The van der Waals surface area contributed by atoms with Crippen LogP contribution in [-0.2, 0) is 10.9 Å². The fraction of sp³-hybridized carbons (Fsp3) is 0.0769. The Morgan fingerprint density at radius 1 is 0.536 bits per heavy atom. The Bertz CT molecular complexity index is 1040. The van der Waals surface area contributed by atoms with Gasteiger partial charge in [0.05, 0.1) is 4.90 Å². The van der Waals surface area contributed by atoms with Crippen LogP contribution in [0.1, 0.15) is 11.1 Å². The highest BCUT2D eigenvalue weighted by Gasteiger charge is 2.31. The molecule has 0 amide bonds. The molecule has 0 saturated carbocycles. The smallest absolute Gasteiger partial charge is 0.0848 e. The predicted octanol–water partition coefficient (Wildman–Crippen LogP) is 7.55. The van der Waals surface area contributed by atoms with E-state index in [-0.39, 0.29) is 10.9 Å². The SMILES string of the molecule is Cc1ccc(Sc2ccccc2[S+](c2ccccc2)c2ccc(C)cc2)cc1. The van der Waals surface area contributed by atoms with Crippen LogP contribution in [0, 0.1) is 13.8 Å². The van der Waals surface area contributed by atoms with Crippen LogP contribution in [0.5, 0.6) is 0 Å². The minimum absolute atomic E-state index is 0.133. The zero-order valence-electron chi connectivity index (χ0n) is 16.1. The molecular formula is C26H23S2+. The lowest BCUT2D eigenvalue weighted by molar-refractivity contribution is 1.20. The second kappa shape index (κ2) is 8.72. The highest BCUT2D eigenvalue weighted by molar-refractivity contribution is 8.01. The molecule has 4 rings (SSSR count). The third kappa shape index (κ3) is 4.35. The van der Waals surface area contributed by atoms with E-state index in [2.05, 4.69) is 117 Å². The van der Waals surface area contributed by atoms with E-state index in [4.69, 9.17) is 0 Å². The van der Waals surface area contributed by atoms with Gasteiger partial charge < -0.3 is 0 Å². The molecule has 0 aliphatic carbocycles. The first-order valence-electron chi connectivity index (χ1n) is 9.40. The quantitative estimate of drug-likeness (QED) is 0.312. The molecule has 0 N–H and O–H groups in total. The zero-order valence-corrected chi connectivity index (χ0v) is 17.8. The molecule has 4 aromatic rings. The normalized spacial score (nSPS) is 11.9. The van der Waals surface area contributed by atoms with E-state index < -0.39 is 0 Å². The van der Waals surface area contributed by atoms with Crippen molar-refractivity contribution in [1.29, 1.82) is 0 Å². The van der Waals surface area contributed by atoms with Crippen LogP contribution in [0.3, 0.4) is 0 Å². The highest BCUT2D eigenvalue weighted by atomic mass is 32.2. The maximum absolute atomic E-state index is 2.28. The van der Waals surface area contributed by atoms with Gasteiger partial charge in [0.2, 0.25) is 0 Å². The molecule has 0 aromatic heterocycles. The molecule has 0 spiro atoms. The average Bonchev–Trinajstić information content (AvgIpc) is 2.73. The third-order valence-electron chi connectivity index (χ3n) is 4.55. The first kappa shape index (κ1) is 18.9. The summed E-state index contributed by atoms with van der Waals surface area (Å²) in [5.74, 6) is 0. The van der Waals surface area contributed by atoms with Crippen molar-refractivity contribution in [2.45, 2.75) is 38.3 Å². The number of hydrogen-bond acceptors (Lipinski definition) is 1. The summed E-state index contributed by atoms with van der Waals surface area (Å²) in [6, 6.07) is 37.5. The molecule has 1 atom stereocenters. The monoisotopic (exact) mass is 399 g/mol. The molecule has 2 heteroatoms. The lowest BCUT2D eigenvalue weighted by atomic mass is 10.2. The molecule has 0 saturated heterocycles. The lowest BCUT2D eigenvalue weighted by Gasteiger charge is -2.12. The third-order valence-corrected chi connectivity index (χ3v) is 8.05. The van der Waals surface area contributed by atoms with Crippen LogP contribution >= 0.6 is 11.8 Å². The number of rotatable bonds is 5. The summed E-state index contributed by atoms with van der Waals surface area (Å²) in [7, 11) is -0.133. The largest absolute Gasteiger partial charge is 0.180 e. The molecule has 0 radical (unpaired) electrons. The van der Waals surface area contributed by atoms with Crippen LogP contribution in [-0.4, -0.2) is 0 Å². The fourth-order valence-electron chi connectivity index (χ4n) is 3.06. The topological polar surface area (TPSA) is 0 Å². The lowest BCUT2D eigenvalue weighted by Crippen LogP contribution is -2.06. The maximum Gasteiger partial charge on any atom is 0.180 e. The van der Waals surface area contributed by atoms with Gasteiger partial charge in [0, 0.05) is 4.90 Å². The minimum atomic E-state index is -0.133. The summed E-state index contributed by atoms with van der Waals surface area (Å²) in [5.41, 5.74) is 2.59. The van der Waals surface area contributed by atoms with Crippen molar-refractivity contribution < 1.29 is 0 Å². The molecule has 138 valence electrons. The van der Waals surface area contributed by atoms with Gasteiger partial charge >= 0.3 is 0 Å². The minimum Gasteiger partial charge on any atom is -0.0848 e. The van der Waals surface area contributed by atoms with Crippen molar-refractivity contribution >= 4 is 22.7 Å². The molecule has 1 unspecified atom stereocenters. The van der Waals surface area contributed by atoms with Gasteiger partial charge in [-0.25, -0.2) is 0 Å². The fourth-order valence-corrected chi connectivity index (χ4v) is 6.38. The Morgan fingerprint density at radius 3 is 1.75 bits per heavy atom. The molecule has 0 bridgehead atoms. The number of hydrogen-bond donors (Lipinski definition) is 0. The summed E-state index contributed by atoms with van der Waals surface area (Å²) < 4.78 is 0. The summed E-state index contributed by atoms with van der Waals surface area (Å²) in [6.45, 7) is 4.28. The van der Waals surface area contributed by atoms with Gasteiger partial charge in [-0.05, 0) is 62.4 Å². The molecule has 0 nitrogen and oxygen atoms in total. The van der Waals surface area contributed by atoms with Gasteiger partial charge in [0.1, 0.15) is 10.9 Å². The van der Waals surface area contributed by atoms with Gasteiger partial charge in [-0.15, -0.1) is 0 Å². The number of benzene rings is 4. The van der Waals surface area contributed by atoms with Crippen molar-refractivity contribution in [3.05, 3.63) is 114 Å². The van der Waals surface area contributed by atoms with E-state index in [1.165, 1.54) is 35.6 Å². The molecule has 0 fully saturated rings. The van der Waals surface area contributed by atoms with E-state index in [1.54, 1.807) is 0 Å². The summed E-state index contributed by atoms with van der Waals surface area (Å²) in [5, 5.41) is 0. The van der Waals surface area contributed by atoms with Gasteiger partial charge in [0.15, 0.2) is 14.7 Å². The Morgan fingerprint density at radius 2 is 1.07 bits per heavy atom.